The SMILES string of the molecule is O=C(NC1CCCC1)N1CCCCC(c2ccc(F)cc2)C1. The Balaban J connectivity index is 1.64. The Morgan fingerprint density at radius 2 is 1.73 bits per heavy atom. The van der Waals surface area contributed by atoms with Gasteiger partial charge in [-0.05, 0) is 43.4 Å². The van der Waals surface area contributed by atoms with Crippen molar-refractivity contribution in [2.24, 2.45) is 0 Å². The summed E-state index contributed by atoms with van der Waals surface area (Å²) in [5, 5.41) is 3.18. The van der Waals surface area contributed by atoms with Crippen molar-refractivity contribution in [3.63, 3.8) is 0 Å². The molecule has 1 aliphatic carbocycles. The fourth-order valence-corrected chi connectivity index (χ4v) is 3.67. The minimum atomic E-state index is -0.201. The highest BCUT2D eigenvalue weighted by Crippen LogP contribution is 2.27. The Labute approximate surface area is 131 Å². The number of likely N-dealkylation sites (tertiary alicyclic amines) is 1. The third kappa shape index (κ3) is 3.79. The van der Waals surface area contributed by atoms with Crippen LogP contribution in [0.3, 0.4) is 0 Å². The summed E-state index contributed by atoms with van der Waals surface area (Å²) in [7, 11) is 0. The van der Waals surface area contributed by atoms with Crippen molar-refractivity contribution in [1.29, 1.82) is 0 Å². The van der Waals surface area contributed by atoms with Gasteiger partial charge in [-0.25, -0.2) is 9.18 Å². The zero-order valence-electron chi connectivity index (χ0n) is 13.1. The molecule has 4 heteroatoms. The van der Waals surface area contributed by atoms with E-state index in [9.17, 15) is 9.18 Å². The second-order valence-corrected chi connectivity index (χ2v) is 6.62. The van der Waals surface area contributed by atoms with Crippen molar-refractivity contribution in [3.05, 3.63) is 35.6 Å². The Hall–Kier alpha value is -1.58. The summed E-state index contributed by atoms with van der Waals surface area (Å²) in [5.41, 5.74) is 1.14. The van der Waals surface area contributed by atoms with Crippen LogP contribution in [-0.4, -0.2) is 30.1 Å². The zero-order chi connectivity index (χ0) is 15.4. The summed E-state index contributed by atoms with van der Waals surface area (Å²) >= 11 is 0. The minimum absolute atomic E-state index is 0.0842. The smallest absolute Gasteiger partial charge is 0.317 e. The number of urea groups is 1. The molecule has 3 nitrogen and oxygen atoms in total. The molecular weight excluding hydrogens is 279 g/mol. The van der Waals surface area contributed by atoms with Gasteiger partial charge >= 0.3 is 6.03 Å². The number of halogens is 1. The first-order valence-corrected chi connectivity index (χ1v) is 8.53. The summed E-state index contributed by atoms with van der Waals surface area (Å²) < 4.78 is 13.1. The van der Waals surface area contributed by atoms with Gasteiger partial charge < -0.3 is 10.2 Å². The predicted molar refractivity (Wildman–Crippen MR) is 85.4 cm³/mol. The monoisotopic (exact) mass is 304 g/mol. The molecule has 1 aromatic carbocycles. The Bertz CT molecular complexity index is 496. The number of amides is 2. The van der Waals surface area contributed by atoms with Crippen molar-refractivity contribution in [2.75, 3.05) is 13.1 Å². The van der Waals surface area contributed by atoms with E-state index in [4.69, 9.17) is 0 Å². The molecule has 1 aliphatic heterocycles. The molecule has 0 bridgehead atoms. The normalized spacial score (nSPS) is 23.3. The highest BCUT2D eigenvalue weighted by atomic mass is 19.1. The van der Waals surface area contributed by atoms with E-state index in [2.05, 4.69) is 5.32 Å². The lowest BCUT2D eigenvalue weighted by atomic mass is 9.94. The van der Waals surface area contributed by atoms with Crippen LogP contribution in [0.5, 0.6) is 0 Å². The fourth-order valence-electron chi connectivity index (χ4n) is 3.67. The molecule has 1 saturated carbocycles. The molecule has 22 heavy (non-hydrogen) atoms. The van der Waals surface area contributed by atoms with Crippen LogP contribution in [-0.2, 0) is 0 Å². The molecule has 2 aliphatic rings. The van der Waals surface area contributed by atoms with Crippen molar-refractivity contribution in [3.8, 4) is 0 Å². The maximum Gasteiger partial charge on any atom is 0.317 e. The van der Waals surface area contributed by atoms with Gasteiger partial charge in [0.05, 0.1) is 0 Å². The number of nitrogens with one attached hydrogen (secondary N) is 1. The van der Waals surface area contributed by atoms with Gasteiger partial charge in [-0.2, -0.15) is 0 Å². The van der Waals surface area contributed by atoms with Crippen molar-refractivity contribution in [1.82, 2.24) is 10.2 Å². The molecule has 0 spiro atoms. The molecule has 1 N–H and O–H groups in total. The molecule has 3 rings (SSSR count). The van der Waals surface area contributed by atoms with Crippen LogP contribution in [0.1, 0.15) is 56.4 Å². The first-order chi connectivity index (χ1) is 10.7. The number of benzene rings is 1. The van der Waals surface area contributed by atoms with E-state index in [1.807, 2.05) is 17.0 Å². The maximum atomic E-state index is 13.1. The van der Waals surface area contributed by atoms with E-state index < -0.39 is 0 Å². The number of carbonyl (C=O) groups is 1. The third-order valence-corrected chi connectivity index (χ3v) is 4.98. The summed E-state index contributed by atoms with van der Waals surface area (Å²) in [6, 6.07) is 7.20. The summed E-state index contributed by atoms with van der Waals surface area (Å²) in [5.74, 6) is 0.116. The van der Waals surface area contributed by atoms with Crippen LogP contribution in [0, 0.1) is 5.82 Å². The lowest BCUT2D eigenvalue weighted by Crippen LogP contribution is -2.45. The van der Waals surface area contributed by atoms with E-state index in [1.165, 1.54) is 25.0 Å². The van der Waals surface area contributed by atoms with E-state index in [1.54, 1.807) is 0 Å². The highest BCUT2D eigenvalue weighted by Gasteiger charge is 2.25. The van der Waals surface area contributed by atoms with Crippen LogP contribution >= 0.6 is 0 Å². The van der Waals surface area contributed by atoms with E-state index in [0.29, 0.717) is 12.0 Å². The quantitative estimate of drug-likeness (QED) is 0.878. The van der Waals surface area contributed by atoms with E-state index >= 15 is 0 Å². The van der Waals surface area contributed by atoms with Crippen LogP contribution in [0.25, 0.3) is 0 Å². The lowest BCUT2D eigenvalue weighted by Gasteiger charge is -2.26. The molecule has 0 radical (unpaired) electrons. The Morgan fingerprint density at radius 3 is 2.45 bits per heavy atom. The Kier molecular flexibility index (Phi) is 4.96. The van der Waals surface area contributed by atoms with Crippen molar-refractivity contribution >= 4 is 6.03 Å². The number of nitrogens with zero attached hydrogens (tertiary/aromatic N) is 1. The minimum Gasteiger partial charge on any atom is -0.335 e. The zero-order valence-corrected chi connectivity index (χ0v) is 13.1. The lowest BCUT2D eigenvalue weighted by molar-refractivity contribution is 0.193. The van der Waals surface area contributed by atoms with Crippen LogP contribution in [0.2, 0.25) is 0 Å². The van der Waals surface area contributed by atoms with Gasteiger partial charge in [-0.1, -0.05) is 31.4 Å². The summed E-state index contributed by atoms with van der Waals surface area (Å²) in [6.45, 7) is 1.57. The molecule has 120 valence electrons. The van der Waals surface area contributed by atoms with Crippen LogP contribution < -0.4 is 5.32 Å². The number of rotatable bonds is 2. The average molecular weight is 304 g/mol. The Morgan fingerprint density at radius 1 is 1.05 bits per heavy atom. The van der Waals surface area contributed by atoms with Crippen molar-refractivity contribution < 1.29 is 9.18 Å². The van der Waals surface area contributed by atoms with E-state index in [-0.39, 0.29) is 11.8 Å². The first-order valence-electron chi connectivity index (χ1n) is 8.53. The van der Waals surface area contributed by atoms with Gasteiger partial charge in [0.15, 0.2) is 0 Å². The molecule has 1 atom stereocenters. The molecular formula is C18H25FN2O. The summed E-state index contributed by atoms with van der Waals surface area (Å²) in [6.07, 6.45) is 7.91. The number of carbonyl (C=O) groups excluding carboxylic acids is 1. The molecule has 0 aromatic heterocycles. The molecule has 1 saturated heterocycles. The number of hydrogen-bond donors (Lipinski definition) is 1. The first kappa shape index (κ1) is 15.3. The molecule has 1 unspecified atom stereocenters. The highest BCUT2D eigenvalue weighted by molar-refractivity contribution is 5.74. The molecule has 1 heterocycles. The van der Waals surface area contributed by atoms with Crippen molar-refractivity contribution in [2.45, 2.75) is 56.9 Å². The molecule has 1 aromatic rings. The van der Waals surface area contributed by atoms with Crippen LogP contribution in [0.15, 0.2) is 24.3 Å². The standard InChI is InChI=1S/C18H25FN2O/c19-16-10-8-14(9-11-16)15-5-3-4-12-21(13-15)18(22)20-17-6-1-2-7-17/h8-11,15,17H,1-7,12-13H2,(H,20,22). The second kappa shape index (κ2) is 7.12. The number of hydrogen-bond acceptors (Lipinski definition) is 1. The fraction of sp³-hybridized carbons (Fsp3) is 0.611. The van der Waals surface area contributed by atoms with Gasteiger partial charge in [0.2, 0.25) is 0 Å². The second-order valence-electron chi connectivity index (χ2n) is 6.62. The maximum absolute atomic E-state index is 13.1. The third-order valence-electron chi connectivity index (χ3n) is 4.98. The molecule has 2 fully saturated rings. The van der Waals surface area contributed by atoms with Gasteiger partial charge in [0.25, 0.3) is 0 Å². The molecule has 2 amide bonds. The van der Waals surface area contributed by atoms with Gasteiger partial charge in [0.1, 0.15) is 5.82 Å². The van der Waals surface area contributed by atoms with E-state index in [0.717, 1.165) is 50.8 Å². The largest absolute Gasteiger partial charge is 0.335 e. The average Bonchev–Trinajstić information content (AvgIpc) is 2.90. The van der Waals surface area contributed by atoms with Gasteiger partial charge in [0, 0.05) is 25.0 Å². The van der Waals surface area contributed by atoms with Gasteiger partial charge in [-0.15, -0.1) is 0 Å². The summed E-state index contributed by atoms with van der Waals surface area (Å²) in [4.78, 5) is 14.5. The topological polar surface area (TPSA) is 32.3 Å². The predicted octanol–water partition coefficient (Wildman–Crippen LogP) is 4.05. The van der Waals surface area contributed by atoms with Crippen LogP contribution in [0.4, 0.5) is 9.18 Å². The van der Waals surface area contributed by atoms with Gasteiger partial charge in [-0.3, -0.25) is 0 Å².